The third kappa shape index (κ3) is 2.68. The third-order valence-electron chi connectivity index (χ3n) is 3.22. The minimum absolute atomic E-state index is 0.0360. The van der Waals surface area contributed by atoms with Crippen LogP contribution in [0.1, 0.15) is 29.8 Å². The van der Waals surface area contributed by atoms with E-state index in [1.54, 1.807) is 12.1 Å². The molecule has 0 amide bonds. The van der Waals surface area contributed by atoms with E-state index in [4.69, 9.17) is 9.47 Å². The number of carbonyl (C=O) groups excluding carboxylic acids is 1. The molecule has 0 bridgehead atoms. The molecule has 2 aromatic carbocycles. The van der Waals surface area contributed by atoms with Gasteiger partial charge in [0.05, 0.1) is 11.7 Å². The van der Waals surface area contributed by atoms with Gasteiger partial charge in [-0.2, -0.15) is 0 Å². The number of Topliss-reactive ketones (excluding diaryl/α,β-unsaturated/α-hetero) is 1. The minimum Gasteiger partial charge on any atom is -0.508 e. The molecule has 0 saturated carbocycles. The topological polar surface area (TPSA) is 55.8 Å². The monoisotopic (exact) mass is 296 g/mol. The number of phenols is 1. The highest BCUT2D eigenvalue weighted by molar-refractivity contribution is 6.14. The second-order valence-electron chi connectivity index (χ2n) is 5.32. The Morgan fingerprint density at radius 1 is 1.18 bits per heavy atom. The van der Waals surface area contributed by atoms with Crippen LogP contribution in [-0.4, -0.2) is 17.0 Å². The molecule has 0 aliphatic carbocycles. The van der Waals surface area contributed by atoms with Crippen LogP contribution in [0.5, 0.6) is 17.2 Å². The van der Waals surface area contributed by atoms with E-state index in [0.717, 1.165) is 5.56 Å². The first-order valence-corrected chi connectivity index (χ1v) is 7.07. The van der Waals surface area contributed by atoms with Gasteiger partial charge in [0, 0.05) is 11.6 Å². The van der Waals surface area contributed by atoms with Crippen LogP contribution in [0.2, 0.25) is 0 Å². The highest BCUT2D eigenvalue weighted by Crippen LogP contribution is 2.35. The van der Waals surface area contributed by atoms with Gasteiger partial charge in [0.15, 0.2) is 5.76 Å². The number of para-hydroxylation sites is 1. The van der Waals surface area contributed by atoms with Gasteiger partial charge in [-0.1, -0.05) is 18.2 Å². The van der Waals surface area contributed by atoms with Gasteiger partial charge in [0.1, 0.15) is 17.2 Å². The van der Waals surface area contributed by atoms with Crippen molar-refractivity contribution in [1.29, 1.82) is 0 Å². The predicted octanol–water partition coefficient (Wildman–Crippen LogP) is 3.80. The van der Waals surface area contributed by atoms with Crippen LogP contribution < -0.4 is 9.47 Å². The molecular weight excluding hydrogens is 280 g/mol. The Morgan fingerprint density at radius 2 is 1.95 bits per heavy atom. The van der Waals surface area contributed by atoms with Crippen LogP contribution in [0, 0.1) is 0 Å². The maximum absolute atomic E-state index is 12.3. The standard InChI is InChI=1S/C18H16O4/c1-11(2)21-15-6-4-3-5-12(15)9-17-18(20)14-8-7-13(19)10-16(14)22-17/h3-11,19H,1-2H3/b17-9-. The molecule has 0 saturated heterocycles. The number of phenolic OH excluding ortho intramolecular Hbond substituents is 1. The van der Waals surface area contributed by atoms with E-state index in [1.807, 2.05) is 38.1 Å². The summed E-state index contributed by atoms with van der Waals surface area (Å²) in [4.78, 5) is 12.3. The van der Waals surface area contributed by atoms with Crippen LogP contribution in [0.4, 0.5) is 0 Å². The van der Waals surface area contributed by atoms with Crippen LogP contribution in [0.3, 0.4) is 0 Å². The Bertz CT molecular complexity index is 759. The number of benzene rings is 2. The summed E-state index contributed by atoms with van der Waals surface area (Å²) in [6.45, 7) is 3.89. The number of hydrogen-bond donors (Lipinski definition) is 1. The summed E-state index contributed by atoms with van der Waals surface area (Å²) in [5.74, 6) is 1.16. The fourth-order valence-electron chi connectivity index (χ4n) is 2.28. The molecule has 4 nitrogen and oxygen atoms in total. The summed E-state index contributed by atoms with van der Waals surface area (Å²) < 4.78 is 11.3. The lowest BCUT2D eigenvalue weighted by atomic mass is 10.1. The molecule has 1 aliphatic rings. The van der Waals surface area contributed by atoms with Crippen LogP contribution in [0.15, 0.2) is 48.2 Å². The molecule has 0 spiro atoms. The molecule has 4 heteroatoms. The number of carbonyl (C=O) groups is 1. The van der Waals surface area contributed by atoms with E-state index in [0.29, 0.717) is 17.1 Å². The SMILES string of the molecule is CC(C)Oc1ccccc1/C=C1\Oc2cc(O)ccc2C1=O. The molecule has 1 N–H and O–H groups in total. The number of ether oxygens (including phenoxy) is 2. The molecule has 22 heavy (non-hydrogen) atoms. The second-order valence-corrected chi connectivity index (χ2v) is 5.32. The highest BCUT2D eigenvalue weighted by atomic mass is 16.5. The van der Waals surface area contributed by atoms with E-state index in [1.165, 1.54) is 12.1 Å². The summed E-state index contributed by atoms with van der Waals surface area (Å²) in [5, 5.41) is 9.47. The van der Waals surface area contributed by atoms with Gasteiger partial charge in [-0.15, -0.1) is 0 Å². The molecule has 0 aromatic heterocycles. The zero-order valence-electron chi connectivity index (χ0n) is 12.4. The van der Waals surface area contributed by atoms with Crippen molar-refractivity contribution in [2.45, 2.75) is 20.0 Å². The Hall–Kier alpha value is -2.75. The largest absolute Gasteiger partial charge is 0.508 e. The zero-order valence-corrected chi connectivity index (χ0v) is 12.4. The molecule has 0 fully saturated rings. The lowest BCUT2D eigenvalue weighted by Crippen LogP contribution is -2.07. The molecule has 0 unspecified atom stereocenters. The van der Waals surface area contributed by atoms with Gasteiger partial charge < -0.3 is 14.6 Å². The lowest BCUT2D eigenvalue weighted by molar-refractivity contribution is 0.101. The summed E-state index contributed by atoms with van der Waals surface area (Å²) in [6.07, 6.45) is 1.70. The number of hydrogen-bond acceptors (Lipinski definition) is 4. The molecule has 1 heterocycles. The normalized spacial score (nSPS) is 15.0. The van der Waals surface area contributed by atoms with Gasteiger partial charge in [0.2, 0.25) is 5.78 Å². The van der Waals surface area contributed by atoms with Gasteiger partial charge in [-0.3, -0.25) is 4.79 Å². The number of rotatable bonds is 3. The van der Waals surface area contributed by atoms with E-state index >= 15 is 0 Å². The average molecular weight is 296 g/mol. The van der Waals surface area contributed by atoms with Crippen molar-refractivity contribution in [3.8, 4) is 17.2 Å². The van der Waals surface area contributed by atoms with Gasteiger partial charge in [0.25, 0.3) is 0 Å². The number of aromatic hydroxyl groups is 1. The molecule has 1 aliphatic heterocycles. The van der Waals surface area contributed by atoms with Gasteiger partial charge >= 0.3 is 0 Å². The molecule has 112 valence electrons. The number of ketones is 1. The van der Waals surface area contributed by atoms with Crippen molar-refractivity contribution in [2.24, 2.45) is 0 Å². The summed E-state index contributed by atoms with van der Waals surface area (Å²) in [6, 6.07) is 11.9. The number of fused-ring (bicyclic) bond motifs is 1. The highest BCUT2D eigenvalue weighted by Gasteiger charge is 2.27. The van der Waals surface area contributed by atoms with Crippen molar-refractivity contribution in [2.75, 3.05) is 0 Å². The van der Waals surface area contributed by atoms with Gasteiger partial charge in [-0.05, 0) is 38.1 Å². The smallest absolute Gasteiger partial charge is 0.231 e. The molecule has 0 radical (unpaired) electrons. The predicted molar refractivity (Wildman–Crippen MR) is 83.2 cm³/mol. The van der Waals surface area contributed by atoms with Crippen molar-refractivity contribution >= 4 is 11.9 Å². The lowest BCUT2D eigenvalue weighted by Gasteiger charge is -2.12. The first kappa shape index (κ1) is 14.2. The molecular formula is C18H16O4. The minimum atomic E-state index is -0.200. The van der Waals surface area contributed by atoms with E-state index in [-0.39, 0.29) is 23.4 Å². The maximum atomic E-state index is 12.3. The van der Waals surface area contributed by atoms with Crippen LogP contribution in [0.25, 0.3) is 6.08 Å². The van der Waals surface area contributed by atoms with E-state index in [2.05, 4.69) is 0 Å². The fraction of sp³-hybridized carbons (Fsp3) is 0.167. The van der Waals surface area contributed by atoms with Crippen molar-refractivity contribution in [3.63, 3.8) is 0 Å². The van der Waals surface area contributed by atoms with Gasteiger partial charge in [-0.25, -0.2) is 0 Å². The van der Waals surface area contributed by atoms with Crippen LogP contribution >= 0.6 is 0 Å². The number of allylic oxidation sites excluding steroid dienone is 1. The second kappa shape index (κ2) is 5.56. The zero-order chi connectivity index (χ0) is 15.7. The fourth-order valence-corrected chi connectivity index (χ4v) is 2.28. The van der Waals surface area contributed by atoms with E-state index < -0.39 is 0 Å². The average Bonchev–Trinajstić information content (AvgIpc) is 2.76. The summed E-state index contributed by atoms with van der Waals surface area (Å²) in [5.41, 5.74) is 1.22. The van der Waals surface area contributed by atoms with Crippen molar-refractivity contribution < 1.29 is 19.4 Å². The quantitative estimate of drug-likeness (QED) is 0.875. The van der Waals surface area contributed by atoms with Crippen LogP contribution in [-0.2, 0) is 0 Å². The summed E-state index contributed by atoms with van der Waals surface area (Å²) in [7, 11) is 0. The Morgan fingerprint density at radius 3 is 2.73 bits per heavy atom. The first-order chi connectivity index (χ1) is 10.5. The van der Waals surface area contributed by atoms with Crippen molar-refractivity contribution in [3.05, 3.63) is 59.4 Å². The van der Waals surface area contributed by atoms with Crippen molar-refractivity contribution in [1.82, 2.24) is 0 Å². The third-order valence-corrected chi connectivity index (χ3v) is 3.22. The Labute approximate surface area is 128 Å². The Kier molecular flexibility index (Phi) is 3.59. The first-order valence-electron chi connectivity index (χ1n) is 7.07. The van der Waals surface area contributed by atoms with E-state index in [9.17, 15) is 9.90 Å². The molecule has 3 rings (SSSR count). The summed E-state index contributed by atoms with van der Waals surface area (Å²) >= 11 is 0. The Balaban J connectivity index is 1.96. The molecule has 0 atom stereocenters. The molecule has 2 aromatic rings. The maximum Gasteiger partial charge on any atom is 0.231 e.